The minimum absolute atomic E-state index is 0.211. The number of aliphatic hydroxyl groups is 1. The average Bonchev–Trinajstić information content (AvgIpc) is 2.68. The molecule has 0 atom stereocenters. The third kappa shape index (κ3) is 2.80. The van der Waals surface area contributed by atoms with Gasteiger partial charge in [0.1, 0.15) is 17.5 Å². The molecule has 1 N–H and O–H groups in total. The maximum Gasteiger partial charge on any atom is 0.356 e. The second-order valence-corrected chi connectivity index (χ2v) is 5.51. The molecule has 3 rings (SSSR count). The van der Waals surface area contributed by atoms with Gasteiger partial charge in [-0.3, -0.25) is 0 Å². The van der Waals surface area contributed by atoms with Crippen molar-refractivity contribution < 1.29 is 14.2 Å². The second kappa shape index (κ2) is 6.87. The molecule has 0 saturated heterocycles. The van der Waals surface area contributed by atoms with Crippen molar-refractivity contribution in [1.29, 1.82) is 0 Å². The Hall–Kier alpha value is -2.62. The first-order chi connectivity index (χ1) is 11.7. The lowest BCUT2D eigenvalue weighted by Crippen LogP contribution is -2.31. The summed E-state index contributed by atoms with van der Waals surface area (Å²) in [6.07, 6.45) is 0. The topological polar surface area (TPSA) is 46.5 Å². The van der Waals surface area contributed by atoms with E-state index in [1.54, 1.807) is 24.3 Å². The van der Waals surface area contributed by atoms with Crippen LogP contribution in [-0.2, 0) is 9.89 Å². The summed E-state index contributed by atoms with van der Waals surface area (Å²) >= 11 is 5.27. The van der Waals surface area contributed by atoms with E-state index in [9.17, 15) is 9.90 Å². The fourth-order valence-electron chi connectivity index (χ4n) is 2.85. The number of hydrogen-bond acceptors (Lipinski definition) is 3. The van der Waals surface area contributed by atoms with Crippen LogP contribution in [0.2, 0.25) is 0 Å². The van der Waals surface area contributed by atoms with Crippen LogP contribution in [0, 0.1) is 0 Å². The highest BCUT2D eigenvalue weighted by Gasteiger charge is 2.37. The van der Waals surface area contributed by atoms with Crippen LogP contribution in [0.3, 0.4) is 0 Å². The van der Waals surface area contributed by atoms with Crippen LogP contribution in [0.25, 0.3) is 0 Å². The Morgan fingerprint density at radius 3 is 1.75 bits per heavy atom. The first kappa shape index (κ1) is 16.2. The number of halogens is 1. The molecular weight excluding hydrogens is 324 g/mol. The lowest BCUT2D eigenvalue weighted by Gasteiger charge is -2.31. The quantitative estimate of drug-likeness (QED) is 0.722. The Morgan fingerprint density at radius 1 is 0.792 bits per heavy atom. The van der Waals surface area contributed by atoms with Gasteiger partial charge in [-0.1, -0.05) is 78.9 Å². The molecule has 0 aromatic heterocycles. The zero-order valence-electron chi connectivity index (χ0n) is 12.7. The van der Waals surface area contributed by atoms with Crippen LogP contribution in [0.15, 0.2) is 84.9 Å². The average molecular weight is 339 g/mol. The van der Waals surface area contributed by atoms with Gasteiger partial charge < -0.3 is 9.40 Å². The lowest BCUT2D eigenvalue weighted by molar-refractivity contribution is 0.0734. The first-order valence-electron chi connectivity index (χ1n) is 7.43. The van der Waals surface area contributed by atoms with Crippen molar-refractivity contribution in [2.45, 2.75) is 5.60 Å². The molecule has 0 fully saturated rings. The van der Waals surface area contributed by atoms with Crippen molar-refractivity contribution in [3.05, 3.63) is 107 Å². The van der Waals surface area contributed by atoms with Crippen molar-refractivity contribution in [1.82, 2.24) is 0 Å². The van der Waals surface area contributed by atoms with E-state index in [1.165, 1.54) is 0 Å². The van der Waals surface area contributed by atoms with E-state index < -0.39 is 11.6 Å². The summed E-state index contributed by atoms with van der Waals surface area (Å²) in [6.45, 7) is 0. The lowest BCUT2D eigenvalue weighted by atomic mass is 9.78. The number of carbonyl (C=O) groups excluding carboxylic acids is 1. The SMILES string of the molecule is O=C(OCl)c1ccccc1C(O)(c1ccccc1)c1ccccc1. The minimum Gasteiger partial charge on any atom is -0.376 e. The van der Waals surface area contributed by atoms with E-state index in [1.807, 2.05) is 60.7 Å². The molecular formula is C20H15ClO3. The van der Waals surface area contributed by atoms with Gasteiger partial charge in [0.15, 0.2) is 0 Å². The molecule has 4 heteroatoms. The molecule has 0 amide bonds. The maximum absolute atomic E-state index is 12.1. The number of rotatable bonds is 4. The fraction of sp³-hybridized carbons (Fsp3) is 0.0500. The summed E-state index contributed by atoms with van der Waals surface area (Å²) in [5.74, 6) is -0.711. The van der Waals surface area contributed by atoms with Gasteiger partial charge in [-0.05, 0) is 17.2 Å². The molecule has 3 aromatic rings. The van der Waals surface area contributed by atoms with E-state index >= 15 is 0 Å². The van der Waals surface area contributed by atoms with Crippen LogP contribution in [0.4, 0.5) is 0 Å². The van der Waals surface area contributed by atoms with E-state index in [0.29, 0.717) is 16.7 Å². The number of benzene rings is 3. The van der Waals surface area contributed by atoms with E-state index in [0.717, 1.165) is 0 Å². The zero-order chi connectivity index (χ0) is 17.0. The van der Waals surface area contributed by atoms with Crippen molar-refractivity contribution >= 4 is 17.8 Å². The molecule has 24 heavy (non-hydrogen) atoms. The molecule has 0 spiro atoms. The largest absolute Gasteiger partial charge is 0.376 e. The number of hydrogen-bond donors (Lipinski definition) is 1. The summed E-state index contributed by atoms with van der Waals surface area (Å²) in [6, 6.07) is 25.1. The predicted octanol–water partition coefficient (Wildman–Crippen LogP) is 4.28. The van der Waals surface area contributed by atoms with E-state index in [4.69, 9.17) is 11.9 Å². The summed E-state index contributed by atoms with van der Waals surface area (Å²) in [5, 5.41) is 11.7. The molecule has 0 heterocycles. The maximum atomic E-state index is 12.1. The van der Waals surface area contributed by atoms with Crippen LogP contribution in [0.5, 0.6) is 0 Å². The highest BCUT2D eigenvalue weighted by atomic mass is 35.5. The summed E-state index contributed by atoms with van der Waals surface area (Å²) in [7, 11) is 0. The molecule has 0 saturated carbocycles. The third-order valence-electron chi connectivity index (χ3n) is 3.99. The van der Waals surface area contributed by atoms with E-state index in [2.05, 4.69) is 4.29 Å². The van der Waals surface area contributed by atoms with Gasteiger partial charge >= 0.3 is 5.97 Å². The molecule has 0 aliphatic rings. The Balaban J connectivity index is 2.31. The normalized spacial score (nSPS) is 11.1. The van der Waals surface area contributed by atoms with Crippen molar-refractivity contribution in [3.63, 3.8) is 0 Å². The predicted molar refractivity (Wildman–Crippen MR) is 92.7 cm³/mol. The van der Waals surface area contributed by atoms with Gasteiger partial charge in [0, 0.05) is 5.56 Å². The molecule has 3 nitrogen and oxygen atoms in total. The summed E-state index contributed by atoms with van der Waals surface area (Å²) < 4.78 is 4.37. The van der Waals surface area contributed by atoms with Crippen molar-refractivity contribution in [3.8, 4) is 0 Å². The van der Waals surface area contributed by atoms with Gasteiger partial charge in [0.25, 0.3) is 0 Å². The van der Waals surface area contributed by atoms with Gasteiger partial charge in [-0.15, -0.1) is 0 Å². The first-order valence-corrected chi connectivity index (χ1v) is 7.74. The monoisotopic (exact) mass is 338 g/mol. The molecule has 0 bridgehead atoms. The highest BCUT2D eigenvalue weighted by Crippen LogP contribution is 2.38. The van der Waals surface area contributed by atoms with Gasteiger partial charge in [-0.2, -0.15) is 0 Å². The fourth-order valence-corrected chi connectivity index (χ4v) is 2.94. The standard InChI is InChI=1S/C20H15ClO3/c21-24-19(22)17-13-7-8-14-18(17)20(23,15-9-3-1-4-10-15)16-11-5-2-6-12-16/h1-14,23H. The van der Waals surface area contributed by atoms with Gasteiger partial charge in [-0.25, -0.2) is 4.79 Å². The Morgan fingerprint density at radius 2 is 1.25 bits per heavy atom. The third-order valence-corrected chi connectivity index (χ3v) is 4.13. The summed E-state index contributed by atoms with van der Waals surface area (Å²) in [5.41, 5.74) is 0.400. The van der Waals surface area contributed by atoms with E-state index in [-0.39, 0.29) is 5.56 Å². The Bertz CT molecular complexity index is 792. The van der Waals surface area contributed by atoms with Crippen LogP contribution in [-0.4, -0.2) is 11.1 Å². The Kier molecular flexibility index (Phi) is 4.65. The van der Waals surface area contributed by atoms with Crippen molar-refractivity contribution in [2.24, 2.45) is 0 Å². The van der Waals surface area contributed by atoms with Crippen molar-refractivity contribution in [2.75, 3.05) is 0 Å². The van der Waals surface area contributed by atoms with Gasteiger partial charge in [0.05, 0.1) is 5.56 Å². The number of carbonyl (C=O) groups is 1. The molecule has 3 aromatic carbocycles. The zero-order valence-corrected chi connectivity index (χ0v) is 13.5. The molecule has 0 aliphatic heterocycles. The second-order valence-electron chi connectivity index (χ2n) is 5.35. The molecule has 0 radical (unpaired) electrons. The minimum atomic E-state index is -1.51. The molecule has 0 unspecified atom stereocenters. The Labute approximate surface area is 145 Å². The molecule has 0 aliphatic carbocycles. The molecule has 120 valence electrons. The highest BCUT2D eigenvalue weighted by molar-refractivity contribution is 6.16. The van der Waals surface area contributed by atoms with Crippen LogP contribution >= 0.6 is 11.9 Å². The van der Waals surface area contributed by atoms with Crippen LogP contribution < -0.4 is 0 Å². The van der Waals surface area contributed by atoms with Crippen LogP contribution in [0.1, 0.15) is 27.0 Å². The summed E-state index contributed by atoms with van der Waals surface area (Å²) in [4.78, 5) is 12.1. The van der Waals surface area contributed by atoms with Gasteiger partial charge in [0.2, 0.25) is 0 Å². The smallest absolute Gasteiger partial charge is 0.356 e.